The lowest BCUT2D eigenvalue weighted by atomic mass is 9.93. The van der Waals surface area contributed by atoms with Crippen LogP contribution in [-0.4, -0.2) is 35.9 Å². The summed E-state index contributed by atoms with van der Waals surface area (Å²) < 4.78 is 30.7. The molecule has 0 atom stereocenters. The molecule has 4 aromatic rings. The molecule has 0 bridgehead atoms. The van der Waals surface area contributed by atoms with Gasteiger partial charge in [-0.1, -0.05) is 37.0 Å². The first-order valence-corrected chi connectivity index (χ1v) is 14.7. The number of H-pyrrole nitrogens is 2. The summed E-state index contributed by atoms with van der Waals surface area (Å²) in [5.41, 5.74) is 2.91. The Balaban J connectivity index is 2.22. The summed E-state index contributed by atoms with van der Waals surface area (Å²) in [6.07, 6.45) is 10.8. The van der Waals surface area contributed by atoms with Crippen molar-refractivity contribution in [3.8, 4) is 11.1 Å². The fourth-order valence-electron chi connectivity index (χ4n) is 5.07. The Morgan fingerprint density at radius 2 is 1.86 bits per heavy atom. The molecule has 1 amide bonds. The molecule has 0 aliphatic heterocycles. The molecule has 4 rings (SSSR count). The highest BCUT2D eigenvalue weighted by Crippen LogP contribution is 2.39. The quantitative estimate of drug-likeness (QED) is 0.250. The number of pyridine rings is 2. The van der Waals surface area contributed by atoms with E-state index in [1.54, 1.807) is 28.8 Å². The number of nitrogens with zero attached hydrogens (tertiary/aromatic N) is 1. The molecule has 0 radical (unpaired) electrons. The van der Waals surface area contributed by atoms with Gasteiger partial charge in [0.05, 0.1) is 12.1 Å². The Morgan fingerprint density at radius 1 is 1.12 bits per heavy atom. The van der Waals surface area contributed by atoms with Gasteiger partial charge >= 0.3 is 10.2 Å². The molecule has 11 heteroatoms. The highest BCUT2D eigenvalue weighted by atomic mass is 32.2. The van der Waals surface area contributed by atoms with E-state index in [2.05, 4.69) is 21.3 Å². The molecule has 10 nitrogen and oxygen atoms in total. The smallest absolute Gasteiger partial charge is 0.301 e. The van der Waals surface area contributed by atoms with Gasteiger partial charge in [-0.3, -0.25) is 14.4 Å². The minimum Gasteiger partial charge on any atom is -0.331 e. The van der Waals surface area contributed by atoms with Crippen molar-refractivity contribution in [1.29, 1.82) is 0 Å². The van der Waals surface area contributed by atoms with E-state index in [0.29, 0.717) is 27.0 Å². The number of benzene rings is 1. The van der Waals surface area contributed by atoms with Gasteiger partial charge in [0.1, 0.15) is 5.69 Å². The minimum absolute atomic E-state index is 0.0854. The van der Waals surface area contributed by atoms with Gasteiger partial charge in [-0.2, -0.15) is 8.42 Å². The van der Waals surface area contributed by atoms with E-state index < -0.39 is 27.2 Å². The lowest BCUT2D eigenvalue weighted by molar-refractivity contribution is 0.0973. The Bertz CT molecular complexity index is 2120. The summed E-state index contributed by atoms with van der Waals surface area (Å²) in [6.45, 7) is 11.4. The number of aryl methyl sites for hydroxylation is 2. The highest BCUT2D eigenvalue weighted by molar-refractivity contribution is 7.88. The molecule has 218 valence electrons. The van der Waals surface area contributed by atoms with Crippen LogP contribution in [0.15, 0.2) is 58.3 Å². The largest absolute Gasteiger partial charge is 0.331 e. The maximum absolute atomic E-state index is 13.9. The van der Waals surface area contributed by atoms with Gasteiger partial charge in [-0.25, -0.2) is 9.44 Å². The lowest BCUT2D eigenvalue weighted by Gasteiger charge is -2.13. The average molecular weight is 588 g/mol. The van der Waals surface area contributed by atoms with E-state index in [1.165, 1.54) is 13.2 Å². The minimum atomic E-state index is -4.22. The second kappa shape index (κ2) is 12.0. The topological polar surface area (TPSA) is 146 Å². The number of rotatable bonds is 8. The molecule has 42 heavy (non-hydrogen) atoms. The van der Waals surface area contributed by atoms with Gasteiger partial charge in [-0.05, 0) is 73.9 Å². The second-order valence-electron chi connectivity index (χ2n) is 9.74. The predicted octanol–water partition coefficient (Wildman–Crippen LogP) is 2.34. The zero-order valence-electron chi connectivity index (χ0n) is 24.1. The number of carbonyl (C=O) groups is 1. The molecule has 0 spiro atoms. The molecule has 0 fully saturated rings. The third-order valence-corrected chi connectivity index (χ3v) is 8.01. The van der Waals surface area contributed by atoms with Gasteiger partial charge in [0.15, 0.2) is 0 Å². The first-order chi connectivity index (χ1) is 19.9. The summed E-state index contributed by atoms with van der Waals surface area (Å²) >= 11 is 0. The molecule has 0 saturated carbocycles. The van der Waals surface area contributed by atoms with Crippen LogP contribution in [0.4, 0.5) is 0 Å². The number of hydrogen-bond acceptors (Lipinski definition) is 5. The van der Waals surface area contributed by atoms with Crippen molar-refractivity contribution >= 4 is 45.8 Å². The van der Waals surface area contributed by atoms with Gasteiger partial charge in [0.25, 0.3) is 17.0 Å². The van der Waals surface area contributed by atoms with Crippen molar-refractivity contribution in [1.82, 2.24) is 24.0 Å². The Morgan fingerprint density at radius 3 is 2.50 bits per heavy atom. The van der Waals surface area contributed by atoms with Crippen LogP contribution in [0.25, 0.3) is 40.8 Å². The molecule has 0 aliphatic rings. The number of hydrogen-bond donors (Lipinski definition) is 4. The maximum Gasteiger partial charge on any atom is 0.301 e. The van der Waals surface area contributed by atoms with Crippen molar-refractivity contribution in [3.05, 3.63) is 108 Å². The second-order valence-corrected chi connectivity index (χ2v) is 11.4. The van der Waals surface area contributed by atoms with E-state index in [-0.39, 0.29) is 23.4 Å². The first kappa shape index (κ1) is 30.2. The number of allylic oxidation sites excluding steroid dienone is 3. The van der Waals surface area contributed by atoms with E-state index in [1.807, 2.05) is 62.8 Å². The molecule has 1 aromatic carbocycles. The van der Waals surface area contributed by atoms with Crippen LogP contribution in [0.5, 0.6) is 0 Å². The van der Waals surface area contributed by atoms with Crippen LogP contribution in [-0.2, 0) is 16.8 Å². The van der Waals surface area contributed by atoms with Crippen LogP contribution in [0.2, 0.25) is 0 Å². The monoisotopic (exact) mass is 587 g/mol. The van der Waals surface area contributed by atoms with E-state index >= 15 is 0 Å². The fourth-order valence-corrected chi connectivity index (χ4v) is 5.51. The SMILES string of the molecule is C=c1[nH]c(=O)c(Cn2c(C(=O)NS(=O)(=O)NC)c(-c3ccc[nH]c3=O)c3c(C)c(/C=C\C)c(C)cc32)c/c1=C/C=C\C. The van der Waals surface area contributed by atoms with Crippen molar-refractivity contribution < 1.29 is 13.2 Å². The van der Waals surface area contributed by atoms with Crippen molar-refractivity contribution in [2.45, 2.75) is 34.2 Å². The molecule has 0 aliphatic carbocycles. The predicted molar refractivity (Wildman–Crippen MR) is 168 cm³/mol. The molecular formula is C31H33N5O5S. The zero-order chi connectivity index (χ0) is 30.8. The lowest BCUT2D eigenvalue weighted by Crippen LogP contribution is -2.40. The molecule has 0 saturated heterocycles. The van der Waals surface area contributed by atoms with Crippen LogP contribution in [0.1, 0.15) is 46.6 Å². The summed E-state index contributed by atoms with van der Waals surface area (Å²) in [5.74, 6) is -0.964. The Kier molecular flexibility index (Phi) is 8.64. The molecule has 3 aromatic heterocycles. The third kappa shape index (κ3) is 5.69. The van der Waals surface area contributed by atoms with Gasteiger partial charge in [0, 0.05) is 40.7 Å². The summed E-state index contributed by atoms with van der Waals surface area (Å²) in [4.78, 5) is 45.6. The highest BCUT2D eigenvalue weighted by Gasteiger charge is 2.29. The van der Waals surface area contributed by atoms with E-state index in [0.717, 1.165) is 16.7 Å². The van der Waals surface area contributed by atoms with Crippen molar-refractivity contribution in [2.24, 2.45) is 0 Å². The van der Waals surface area contributed by atoms with Crippen molar-refractivity contribution in [3.63, 3.8) is 0 Å². The fraction of sp³-hybridized carbons (Fsp3) is 0.194. The van der Waals surface area contributed by atoms with Gasteiger partial charge in [-0.15, -0.1) is 0 Å². The number of carbonyl (C=O) groups excluding carboxylic acids is 1. The summed E-state index contributed by atoms with van der Waals surface area (Å²) in [5, 5.41) is 1.69. The van der Waals surface area contributed by atoms with E-state index in [4.69, 9.17) is 0 Å². The standard InChI is InChI=1S/C31H33N5O5S/c1-7-9-12-21-16-22(29(37)34-20(21)5)17-36-25-15-18(3)23(11-8-2)19(4)26(25)27(24-13-10-14-33-30(24)38)28(36)31(39)35-42(40,41)32-6/h7-16,32H,5,17H2,1-4,6H3,(H,33,38)(H,34,37)(H,35,39)/b9-7-,11-8-,21-12-. The zero-order valence-corrected chi connectivity index (χ0v) is 24.9. The van der Waals surface area contributed by atoms with Crippen LogP contribution < -0.4 is 31.1 Å². The maximum atomic E-state index is 13.9. The number of fused-ring (bicyclic) bond motifs is 1. The van der Waals surface area contributed by atoms with Crippen molar-refractivity contribution in [2.75, 3.05) is 7.05 Å². The summed E-state index contributed by atoms with van der Waals surface area (Å²) in [7, 11) is -3.04. The molecule has 3 heterocycles. The Labute approximate surface area is 243 Å². The average Bonchev–Trinajstić information content (AvgIpc) is 3.25. The summed E-state index contributed by atoms with van der Waals surface area (Å²) in [6, 6.07) is 6.76. The van der Waals surface area contributed by atoms with Gasteiger partial charge in [0.2, 0.25) is 0 Å². The Hall–Kier alpha value is -4.74. The number of aromatic nitrogens is 3. The van der Waals surface area contributed by atoms with Crippen LogP contribution in [0.3, 0.4) is 0 Å². The van der Waals surface area contributed by atoms with E-state index in [9.17, 15) is 22.8 Å². The van der Waals surface area contributed by atoms with Gasteiger partial charge < -0.3 is 14.5 Å². The number of nitrogens with one attached hydrogen (secondary N) is 4. The first-order valence-electron chi connectivity index (χ1n) is 13.2. The molecule has 4 N–H and O–H groups in total. The molecular weight excluding hydrogens is 554 g/mol. The third-order valence-electron chi connectivity index (χ3n) is 7.02. The van der Waals surface area contributed by atoms with Crippen LogP contribution >= 0.6 is 0 Å². The normalized spacial score (nSPS) is 12.6. The van der Waals surface area contributed by atoms with Crippen LogP contribution in [0, 0.1) is 13.8 Å². The number of amides is 1. The molecule has 0 unspecified atom stereocenters. The number of aromatic amines is 2.